The second-order valence-corrected chi connectivity index (χ2v) is 12.5. The Hall–Kier alpha value is -4.56. The van der Waals surface area contributed by atoms with Crippen molar-refractivity contribution in [1.29, 1.82) is 0 Å². The van der Waals surface area contributed by atoms with Crippen molar-refractivity contribution in [2.24, 2.45) is 0 Å². The molecule has 2 heteroatoms. The van der Waals surface area contributed by atoms with E-state index in [2.05, 4.69) is 182 Å². The summed E-state index contributed by atoms with van der Waals surface area (Å²) >= 11 is 0. The van der Waals surface area contributed by atoms with Gasteiger partial charge in [-0.05, 0) is 75.9 Å². The van der Waals surface area contributed by atoms with Crippen LogP contribution in [-0.4, -0.2) is 20.8 Å². The van der Waals surface area contributed by atoms with Crippen molar-refractivity contribution >= 4 is 53.1 Å². The van der Waals surface area contributed by atoms with Crippen LogP contribution in [0.5, 0.6) is 0 Å². The van der Waals surface area contributed by atoms with E-state index in [-0.39, 0.29) is 6.71 Å². The highest BCUT2D eigenvalue weighted by Gasteiger charge is 2.28. The van der Waals surface area contributed by atoms with Gasteiger partial charge in [0.25, 0.3) is 0 Å². The van der Waals surface area contributed by atoms with E-state index in [1.165, 1.54) is 77.7 Å². The highest BCUT2D eigenvalue weighted by atomic mass is 15.1. The molecule has 220 valence electrons. The van der Waals surface area contributed by atoms with Crippen molar-refractivity contribution in [3.63, 3.8) is 0 Å². The Morgan fingerprint density at radius 1 is 0.455 bits per heavy atom. The number of aryl methyl sites for hydroxylation is 6. The predicted octanol–water partition coefficient (Wildman–Crippen LogP) is 8.46. The average molecular weight is 574 g/mol. The molecule has 0 spiro atoms. The van der Waals surface area contributed by atoms with Crippen LogP contribution >= 0.6 is 0 Å². The Kier molecular flexibility index (Phi) is 9.40. The van der Waals surface area contributed by atoms with E-state index in [1.54, 1.807) is 0 Å². The van der Waals surface area contributed by atoms with Crippen LogP contribution in [0.25, 0.3) is 24.3 Å². The molecule has 0 aliphatic carbocycles. The normalized spacial score (nSPS) is 11.5. The van der Waals surface area contributed by atoms with Gasteiger partial charge in [-0.3, -0.25) is 0 Å². The van der Waals surface area contributed by atoms with Gasteiger partial charge >= 0.3 is 0 Å². The smallest absolute Gasteiger partial charge is 0.242 e. The monoisotopic (exact) mass is 573 g/mol. The minimum Gasteiger partial charge on any atom is -0.378 e. The fourth-order valence-electron chi connectivity index (χ4n) is 6.58. The first-order valence-corrected chi connectivity index (χ1v) is 15.6. The molecule has 0 bridgehead atoms. The Morgan fingerprint density at radius 2 is 0.841 bits per heavy atom. The van der Waals surface area contributed by atoms with E-state index < -0.39 is 0 Å². The summed E-state index contributed by atoms with van der Waals surface area (Å²) in [6, 6.07) is 35.8. The predicted molar refractivity (Wildman–Crippen MR) is 197 cm³/mol. The van der Waals surface area contributed by atoms with Crippen molar-refractivity contribution in [1.82, 2.24) is 0 Å². The topological polar surface area (TPSA) is 3.24 Å². The highest BCUT2D eigenvalue weighted by molar-refractivity contribution is 6.96. The van der Waals surface area contributed by atoms with Gasteiger partial charge in [-0.25, -0.2) is 0 Å². The summed E-state index contributed by atoms with van der Waals surface area (Å²) in [5.74, 6) is 0. The second kappa shape index (κ2) is 13.4. The van der Waals surface area contributed by atoms with E-state index in [0.717, 1.165) is 0 Å². The molecule has 0 atom stereocenters. The molecule has 0 heterocycles. The first kappa shape index (κ1) is 30.9. The molecule has 5 rings (SSSR count). The second-order valence-electron chi connectivity index (χ2n) is 12.5. The average Bonchev–Trinajstić information content (AvgIpc) is 2.98. The van der Waals surface area contributed by atoms with Crippen molar-refractivity contribution < 1.29 is 0 Å². The maximum Gasteiger partial charge on any atom is 0.242 e. The SMILES string of the molecule is Cc1cc(C)c(B(c2ccc(/C=C/c3ccc(/C=C/c4cccc(N(C)C)c4)cc3)cc2)c2c(C)cc(C)cc2C)c(C)c1. The fourth-order valence-corrected chi connectivity index (χ4v) is 6.58. The lowest BCUT2D eigenvalue weighted by atomic mass is 9.34. The summed E-state index contributed by atoms with van der Waals surface area (Å²) in [5.41, 5.74) is 18.2. The maximum absolute atomic E-state index is 2.33. The molecule has 44 heavy (non-hydrogen) atoms. The molecule has 0 unspecified atom stereocenters. The molecule has 0 aliphatic heterocycles. The highest BCUT2D eigenvalue weighted by Crippen LogP contribution is 2.18. The Bertz CT molecular complexity index is 1720. The van der Waals surface area contributed by atoms with Crippen LogP contribution in [0.2, 0.25) is 0 Å². The summed E-state index contributed by atoms with van der Waals surface area (Å²) in [7, 11) is 4.14. The van der Waals surface area contributed by atoms with Gasteiger partial charge in [0.2, 0.25) is 6.71 Å². The molecule has 1 nitrogen and oxygen atoms in total. The number of rotatable bonds is 8. The molecule has 0 amide bonds. The first-order chi connectivity index (χ1) is 21.1. The van der Waals surface area contributed by atoms with Crippen molar-refractivity contribution in [3.8, 4) is 0 Å². The van der Waals surface area contributed by atoms with Gasteiger partial charge in [0.05, 0.1) is 0 Å². The minimum absolute atomic E-state index is 0.195. The van der Waals surface area contributed by atoms with E-state index in [1.807, 2.05) is 0 Å². The van der Waals surface area contributed by atoms with Gasteiger partial charge < -0.3 is 4.90 Å². The number of anilines is 1. The molecule has 0 aliphatic rings. The van der Waals surface area contributed by atoms with Crippen molar-refractivity contribution in [2.45, 2.75) is 41.5 Å². The molecule has 0 fully saturated rings. The van der Waals surface area contributed by atoms with Crippen LogP contribution in [0.15, 0.2) is 97.1 Å². The van der Waals surface area contributed by atoms with Crippen molar-refractivity contribution in [3.05, 3.63) is 153 Å². The van der Waals surface area contributed by atoms with Crippen LogP contribution in [0, 0.1) is 41.5 Å². The number of hydrogen-bond donors (Lipinski definition) is 0. The number of hydrogen-bond acceptors (Lipinski definition) is 1. The van der Waals surface area contributed by atoms with Crippen LogP contribution in [-0.2, 0) is 0 Å². The number of benzene rings is 5. The van der Waals surface area contributed by atoms with Gasteiger partial charge in [0.1, 0.15) is 0 Å². The standard InChI is InChI=1S/C42H44BN/c1-29-24-31(3)41(32(4)25-29)43(42-33(5)26-30(2)27-34(42)6)39-22-20-37(21-23-39)17-16-35-12-14-36(15-13-35)18-19-38-10-9-11-40(28-38)44(7)8/h9-28H,1-8H3/b17-16+,19-18+. The fraction of sp³-hybridized carbons (Fsp3) is 0.190. The van der Waals surface area contributed by atoms with E-state index >= 15 is 0 Å². The van der Waals surface area contributed by atoms with Crippen LogP contribution in [0.4, 0.5) is 5.69 Å². The summed E-state index contributed by atoms with van der Waals surface area (Å²) in [6.07, 6.45) is 8.75. The largest absolute Gasteiger partial charge is 0.378 e. The molecule has 0 saturated heterocycles. The molecule has 5 aromatic carbocycles. The third kappa shape index (κ3) is 7.14. The Labute approximate surface area is 265 Å². The van der Waals surface area contributed by atoms with Gasteiger partial charge in [0, 0.05) is 19.8 Å². The first-order valence-electron chi connectivity index (χ1n) is 15.6. The summed E-state index contributed by atoms with van der Waals surface area (Å²) in [5, 5.41) is 0. The summed E-state index contributed by atoms with van der Waals surface area (Å²) < 4.78 is 0. The Morgan fingerprint density at radius 3 is 1.25 bits per heavy atom. The molecule has 0 saturated carbocycles. The van der Waals surface area contributed by atoms with E-state index in [0.29, 0.717) is 0 Å². The van der Waals surface area contributed by atoms with Crippen LogP contribution in [0.1, 0.15) is 55.6 Å². The Balaban J connectivity index is 1.38. The third-order valence-electron chi connectivity index (χ3n) is 8.58. The lowest BCUT2D eigenvalue weighted by molar-refractivity contribution is 1.13. The van der Waals surface area contributed by atoms with Gasteiger partial charge in [-0.15, -0.1) is 0 Å². The van der Waals surface area contributed by atoms with Gasteiger partial charge in [0.15, 0.2) is 0 Å². The zero-order valence-corrected chi connectivity index (χ0v) is 27.6. The van der Waals surface area contributed by atoms with Gasteiger partial charge in [-0.2, -0.15) is 0 Å². The van der Waals surface area contributed by atoms with Crippen LogP contribution in [0.3, 0.4) is 0 Å². The number of nitrogens with zero attached hydrogens (tertiary/aromatic N) is 1. The zero-order chi connectivity index (χ0) is 31.4. The van der Waals surface area contributed by atoms with E-state index in [9.17, 15) is 0 Å². The third-order valence-corrected chi connectivity index (χ3v) is 8.58. The molecule has 5 aromatic rings. The zero-order valence-electron chi connectivity index (χ0n) is 27.6. The van der Waals surface area contributed by atoms with E-state index in [4.69, 9.17) is 0 Å². The molecular formula is C42H44BN. The molecule has 0 radical (unpaired) electrons. The summed E-state index contributed by atoms with van der Waals surface area (Å²) in [4.78, 5) is 2.13. The summed E-state index contributed by atoms with van der Waals surface area (Å²) in [6.45, 7) is 13.6. The molecule has 0 N–H and O–H groups in total. The van der Waals surface area contributed by atoms with Gasteiger partial charge in [-0.1, -0.05) is 159 Å². The quantitative estimate of drug-likeness (QED) is 0.133. The maximum atomic E-state index is 2.33. The lowest BCUT2D eigenvalue weighted by Gasteiger charge is -2.24. The lowest BCUT2D eigenvalue weighted by Crippen LogP contribution is -2.55. The molecule has 0 aromatic heterocycles. The minimum atomic E-state index is 0.195. The van der Waals surface area contributed by atoms with Crippen LogP contribution < -0.4 is 21.3 Å². The van der Waals surface area contributed by atoms with Crippen molar-refractivity contribution in [2.75, 3.05) is 19.0 Å². The molecular weight excluding hydrogens is 529 g/mol.